The fraction of sp³-hybridized carbons (Fsp3) is 0.583. The largest absolute Gasteiger partial charge is 0.472 e. The predicted molar refractivity (Wildman–Crippen MR) is 59.1 cm³/mol. The second kappa shape index (κ2) is 3.63. The highest BCUT2D eigenvalue weighted by Gasteiger charge is 2.41. The van der Waals surface area contributed by atoms with Crippen molar-refractivity contribution < 1.29 is 9.21 Å². The third-order valence-corrected chi connectivity index (χ3v) is 3.83. The van der Waals surface area contributed by atoms with Crippen LogP contribution in [0.25, 0.3) is 0 Å². The number of carbonyl (C=O) groups is 1. The summed E-state index contributed by atoms with van der Waals surface area (Å²) in [4.78, 5) is 14.0. The standard InChI is InChI=1S/C12H16N2O2/c15-11(10-1-6-16-7-10)14-5-3-12(9-14)2-4-13-8-12/h1,6-7,13H,2-5,8-9H2. The van der Waals surface area contributed by atoms with E-state index in [4.69, 9.17) is 4.42 Å². The van der Waals surface area contributed by atoms with Crippen LogP contribution >= 0.6 is 0 Å². The Kier molecular flexibility index (Phi) is 2.24. The minimum Gasteiger partial charge on any atom is -0.472 e. The molecule has 1 aromatic rings. The van der Waals surface area contributed by atoms with Crippen molar-refractivity contribution in [3.63, 3.8) is 0 Å². The average molecular weight is 220 g/mol. The third-order valence-electron chi connectivity index (χ3n) is 3.83. The molecule has 2 aliphatic rings. The molecular formula is C12H16N2O2. The minimum atomic E-state index is 0.109. The first kappa shape index (κ1) is 9.90. The molecule has 0 bridgehead atoms. The van der Waals surface area contributed by atoms with Gasteiger partial charge in [-0.25, -0.2) is 0 Å². The molecule has 1 spiro atoms. The van der Waals surface area contributed by atoms with Crippen molar-refractivity contribution in [3.8, 4) is 0 Å². The lowest BCUT2D eigenvalue weighted by Gasteiger charge is -2.22. The van der Waals surface area contributed by atoms with Crippen LogP contribution in [0.4, 0.5) is 0 Å². The van der Waals surface area contributed by atoms with Gasteiger partial charge >= 0.3 is 0 Å². The van der Waals surface area contributed by atoms with Crippen molar-refractivity contribution in [2.75, 3.05) is 26.2 Å². The van der Waals surface area contributed by atoms with Crippen molar-refractivity contribution in [3.05, 3.63) is 24.2 Å². The molecule has 0 aliphatic carbocycles. The van der Waals surface area contributed by atoms with Gasteiger partial charge in [0.15, 0.2) is 0 Å². The van der Waals surface area contributed by atoms with Gasteiger partial charge in [-0.15, -0.1) is 0 Å². The van der Waals surface area contributed by atoms with Gasteiger partial charge in [0.05, 0.1) is 11.8 Å². The Bertz CT molecular complexity index is 380. The molecule has 4 heteroatoms. The molecule has 16 heavy (non-hydrogen) atoms. The monoisotopic (exact) mass is 220 g/mol. The highest BCUT2D eigenvalue weighted by Crippen LogP contribution is 2.36. The fourth-order valence-corrected chi connectivity index (χ4v) is 2.82. The molecule has 1 unspecified atom stereocenters. The number of nitrogens with one attached hydrogen (secondary N) is 1. The van der Waals surface area contributed by atoms with E-state index in [1.165, 1.54) is 12.7 Å². The second-order valence-electron chi connectivity index (χ2n) is 4.92. The number of furan rings is 1. The number of carbonyl (C=O) groups excluding carboxylic acids is 1. The molecule has 2 saturated heterocycles. The molecule has 0 saturated carbocycles. The van der Waals surface area contributed by atoms with Crippen LogP contribution in [-0.2, 0) is 0 Å². The summed E-state index contributed by atoms with van der Waals surface area (Å²) in [5, 5.41) is 3.39. The predicted octanol–water partition coefficient (Wildman–Crippen LogP) is 1.11. The van der Waals surface area contributed by atoms with E-state index in [1.54, 1.807) is 12.3 Å². The number of nitrogens with zero attached hydrogens (tertiary/aromatic N) is 1. The number of hydrogen-bond acceptors (Lipinski definition) is 3. The molecule has 0 radical (unpaired) electrons. The van der Waals surface area contributed by atoms with Crippen molar-refractivity contribution in [2.45, 2.75) is 12.8 Å². The summed E-state index contributed by atoms with van der Waals surface area (Å²) in [5.74, 6) is 0.109. The quantitative estimate of drug-likeness (QED) is 0.771. The summed E-state index contributed by atoms with van der Waals surface area (Å²) >= 11 is 0. The maximum Gasteiger partial charge on any atom is 0.257 e. The molecule has 1 atom stereocenters. The Labute approximate surface area is 94.6 Å². The highest BCUT2D eigenvalue weighted by molar-refractivity contribution is 5.94. The van der Waals surface area contributed by atoms with Gasteiger partial charge in [0.2, 0.25) is 0 Å². The lowest BCUT2D eigenvalue weighted by Crippen LogP contribution is -2.33. The molecule has 3 heterocycles. The Balaban J connectivity index is 1.72. The zero-order valence-electron chi connectivity index (χ0n) is 9.24. The third kappa shape index (κ3) is 1.53. The lowest BCUT2D eigenvalue weighted by atomic mass is 9.86. The molecule has 86 valence electrons. The summed E-state index contributed by atoms with van der Waals surface area (Å²) in [6, 6.07) is 1.74. The van der Waals surface area contributed by atoms with Gasteiger partial charge in [-0.1, -0.05) is 0 Å². The van der Waals surface area contributed by atoms with Crippen molar-refractivity contribution in [2.24, 2.45) is 5.41 Å². The molecule has 2 fully saturated rings. The smallest absolute Gasteiger partial charge is 0.257 e. The molecule has 1 N–H and O–H groups in total. The van der Waals surface area contributed by atoms with Crippen molar-refractivity contribution in [1.82, 2.24) is 10.2 Å². The minimum absolute atomic E-state index is 0.109. The fourth-order valence-electron chi connectivity index (χ4n) is 2.82. The summed E-state index contributed by atoms with van der Waals surface area (Å²) in [7, 11) is 0. The Hall–Kier alpha value is -1.29. The Morgan fingerprint density at radius 1 is 1.50 bits per heavy atom. The average Bonchev–Trinajstić information content (AvgIpc) is 3.01. The van der Waals surface area contributed by atoms with Gasteiger partial charge in [-0.3, -0.25) is 4.79 Å². The maximum atomic E-state index is 12.1. The molecule has 4 nitrogen and oxygen atoms in total. The van der Waals surface area contributed by atoms with E-state index < -0.39 is 0 Å². The van der Waals surface area contributed by atoms with Crippen LogP contribution in [0.15, 0.2) is 23.0 Å². The first-order valence-electron chi connectivity index (χ1n) is 5.81. The van der Waals surface area contributed by atoms with E-state index >= 15 is 0 Å². The van der Waals surface area contributed by atoms with Crippen LogP contribution in [0, 0.1) is 5.41 Å². The zero-order chi connectivity index (χ0) is 11.0. The summed E-state index contributed by atoms with van der Waals surface area (Å²) in [6.45, 7) is 3.92. The van der Waals surface area contributed by atoms with Crippen molar-refractivity contribution in [1.29, 1.82) is 0 Å². The van der Waals surface area contributed by atoms with Gasteiger partial charge in [-0.2, -0.15) is 0 Å². The number of likely N-dealkylation sites (tertiary alicyclic amines) is 1. The van der Waals surface area contributed by atoms with Gasteiger partial charge in [-0.05, 0) is 25.5 Å². The SMILES string of the molecule is O=C(c1ccoc1)N1CCC2(CCNC2)C1. The second-order valence-corrected chi connectivity index (χ2v) is 4.92. The number of rotatable bonds is 1. The first-order valence-corrected chi connectivity index (χ1v) is 5.81. The van der Waals surface area contributed by atoms with Crippen LogP contribution in [-0.4, -0.2) is 37.0 Å². The molecule has 1 amide bonds. The van der Waals surface area contributed by atoms with Gasteiger partial charge in [0.1, 0.15) is 6.26 Å². The molecule has 1 aromatic heterocycles. The summed E-state index contributed by atoms with van der Waals surface area (Å²) in [6.07, 6.45) is 5.40. The summed E-state index contributed by atoms with van der Waals surface area (Å²) in [5.41, 5.74) is 1.02. The Morgan fingerprint density at radius 2 is 2.44 bits per heavy atom. The first-order chi connectivity index (χ1) is 7.79. The van der Waals surface area contributed by atoms with E-state index in [2.05, 4.69) is 5.32 Å². The molecule has 2 aliphatic heterocycles. The van der Waals surface area contributed by atoms with E-state index in [9.17, 15) is 4.79 Å². The number of amides is 1. The van der Waals surface area contributed by atoms with Crippen LogP contribution in [0.2, 0.25) is 0 Å². The van der Waals surface area contributed by atoms with E-state index in [0.717, 1.165) is 32.6 Å². The zero-order valence-corrected chi connectivity index (χ0v) is 9.24. The van der Waals surface area contributed by atoms with Gasteiger partial charge in [0, 0.05) is 25.0 Å². The van der Waals surface area contributed by atoms with E-state index in [0.29, 0.717) is 11.0 Å². The van der Waals surface area contributed by atoms with Crippen LogP contribution in [0.5, 0.6) is 0 Å². The number of hydrogen-bond donors (Lipinski definition) is 1. The Morgan fingerprint density at radius 3 is 3.12 bits per heavy atom. The topological polar surface area (TPSA) is 45.5 Å². The van der Waals surface area contributed by atoms with Crippen LogP contribution in [0.3, 0.4) is 0 Å². The molecule has 3 rings (SSSR count). The van der Waals surface area contributed by atoms with Crippen LogP contribution < -0.4 is 5.32 Å². The van der Waals surface area contributed by atoms with Crippen LogP contribution in [0.1, 0.15) is 23.2 Å². The van der Waals surface area contributed by atoms with Gasteiger partial charge < -0.3 is 14.6 Å². The van der Waals surface area contributed by atoms with Crippen molar-refractivity contribution >= 4 is 5.91 Å². The van der Waals surface area contributed by atoms with Gasteiger partial charge in [0.25, 0.3) is 5.91 Å². The lowest BCUT2D eigenvalue weighted by molar-refractivity contribution is 0.0775. The highest BCUT2D eigenvalue weighted by atomic mass is 16.3. The molecule has 0 aromatic carbocycles. The normalized spacial score (nSPS) is 29.1. The molecular weight excluding hydrogens is 204 g/mol. The summed E-state index contributed by atoms with van der Waals surface area (Å²) < 4.78 is 4.95. The maximum absolute atomic E-state index is 12.1. The van der Waals surface area contributed by atoms with E-state index in [-0.39, 0.29) is 5.91 Å². The van der Waals surface area contributed by atoms with E-state index in [1.807, 2.05) is 4.90 Å².